The van der Waals surface area contributed by atoms with Gasteiger partial charge in [0.2, 0.25) is 0 Å². The Morgan fingerprint density at radius 1 is 0.949 bits per heavy atom. The summed E-state index contributed by atoms with van der Waals surface area (Å²) in [5, 5.41) is 0. The van der Waals surface area contributed by atoms with Crippen LogP contribution in [0.25, 0.3) is 22.3 Å². The molecule has 0 bridgehead atoms. The minimum absolute atomic E-state index is 0.107. The molecule has 0 radical (unpaired) electrons. The Balaban J connectivity index is 1.16. The van der Waals surface area contributed by atoms with Crippen LogP contribution in [0.5, 0.6) is 0 Å². The molecule has 6 rings (SSSR count). The van der Waals surface area contributed by atoms with Gasteiger partial charge in [0, 0.05) is 23.6 Å². The quantitative estimate of drug-likeness (QED) is 0.282. The van der Waals surface area contributed by atoms with Crippen LogP contribution < -0.4 is 0 Å². The smallest absolute Gasteiger partial charge is 0.410 e. The Hall–Kier alpha value is -4.05. The Morgan fingerprint density at radius 2 is 1.69 bits per heavy atom. The molecule has 1 saturated carbocycles. The lowest BCUT2D eigenvalue weighted by Gasteiger charge is -2.27. The van der Waals surface area contributed by atoms with E-state index in [1.54, 1.807) is 4.90 Å². The number of nitrogens with one attached hydrogen (secondary N) is 2. The van der Waals surface area contributed by atoms with Gasteiger partial charge in [-0.1, -0.05) is 36.8 Å². The first-order valence-electron chi connectivity index (χ1n) is 14.0. The minimum atomic E-state index is -0.524. The molecule has 1 saturated heterocycles. The van der Waals surface area contributed by atoms with Crippen LogP contribution in [0.4, 0.5) is 4.79 Å². The van der Waals surface area contributed by atoms with Crippen molar-refractivity contribution in [2.75, 3.05) is 6.54 Å². The van der Waals surface area contributed by atoms with Crippen LogP contribution in [-0.4, -0.2) is 43.1 Å². The normalized spacial score (nSPS) is 17.9. The number of ether oxygens (including phenoxy) is 1. The van der Waals surface area contributed by atoms with Gasteiger partial charge in [-0.15, -0.1) is 0 Å². The highest BCUT2D eigenvalue weighted by atomic mass is 16.6. The first-order valence-corrected chi connectivity index (χ1v) is 14.0. The molecule has 1 atom stereocenters. The molecule has 4 aromatic rings. The molecule has 0 spiro atoms. The summed E-state index contributed by atoms with van der Waals surface area (Å²) in [4.78, 5) is 30.9. The molecule has 2 aliphatic rings. The van der Waals surface area contributed by atoms with E-state index in [9.17, 15) is 4.79 Å². The third-order valence-electron chi connectivity index (χ3n) is 7.58. The lowest BCUT2D eigenvalue weighted by molar-refractivity contribution is 0.0219. The van der Waals surface area contributed by atoms with Gasteiger partial charge in [0.15, 0.2) is 0 Å². The zero-order valence-corrected chi connectivity index (χ0v) is 22.9. The molecule has 1 aliphatic heterocycles. The predicted octanol–water partition coefficient (Wildman–Crippen LogP) is 7.08. The highest BCUT2D eigenvalue weighted by molar-refractivity contribution is 5.77. The van der Waals surface area contributed by atoms with Gasteiger partial charge in [-0.05, 0) is 82.3 Å². The van der Waals surface area contributed by atoms with Crippen molar-refractivity contribution in [3.8, 4) is 23.1 Å². The zero-order valence-electron chi connectivity index (χ0n) is 22.9. The average Bonchev–Trinajstić information content (AvgIpc) is 3.72. The number of carbonyl (C=O) groups is 1. The molecular weight excluding hydrogens is 486 g/mol. The highest BCUT2D eigenvalue weighted by Crippen LogP contribution is 2.34. The number of H-pyrrole nitrogens is 2. The third-order valence-corrected chi connectivity index (χ3v) is 7.58. The maximum absolute atomic E-state index is 12.7. The van der Waals surface area contributed by atoms with Crippen molar-refractivity contribution in [1.82, 2.24) is 24.8 Å². The molecule has 2 N–H and O–H groups in total. The Morgan fingerprint density at radius 3 is 2.46 bits per heavy atom. The van der Waals surface area contributed by atoms with Gasteiger partial charge < -0.3 is 14.7 Å². The van der Waals surface area contributed by atoms with E-state index in [1.165, 1.54) is 25.7 Å². The SMILES string of the molecule is CC(C)(C)OC(=O)N1CCC[C@H]1c1nc2ccc(C#Cc3ccc(-c4cnc(C5CCCC5)[nH]4)cc3)cc2[nH]1. The topological polar surface area (TPSA) is 86.9 Å². The summed E-state index contributed by atoms with van der Waals surface area (Å²) in [6.45, 7) is 6.34. The third kappa shape index (κ3) is 5.56. The molecule has 2 aromatic heterocycles. The number of carbonyl (C=O) groups excluding carboxylic acids is 1. The Bertz CT molecular complexity index is 1540. The van der Waals surface area contributed by atoms with E-state index in [-0.39, 0.29) is 12.1 Å². The number of aromatic amines is 2. The van der Waals surface area contributed by atoms with E-state index in [4.69, 9.17) is 9.72 Å². The van der Waals surface area contributed by atoms with Gasteiger partial charge in [-0.25, -0.2) is 14.8 Å². The van der Waals surface area contributed by atoms with Gasteiger partial charge in [0.25, 0.3) is 0 Å². The second kappa shape index (κ2) is 10.3. The largest absolute Gasteiger partial charge is 0.444 e. The predicted molar refractivity (Wildman–Crippen MR) is 152 cm³/mol. The van der Waals surface area contributed by atoms with Gasteiger partial charge in [-0.2, -0.15) is 0 Å². The molecule has 7 heteroatoms. The highest BCUT2D eigenvalue weighted by Gasteiger charge is 2.35. The monoisotopic (exact) mass is 521 g/mol. The van der Waals surface area contributed by atoms with Crippen molar-refractivity contribution >= 4 is 17.1 Å². The van der Waals surface area contributed by atoms with Crippen LogP contribution in [0.2, 0.25) is 0 Å². The molecule has 7 nitrogen and oxygen atoms in total. The molecule has 1 amide bonds. The number of likely N-dealkylation sites (tertiary alicyclic amines) is 1. The van der Waals surface area contributed by atoms with Gasteiger partial charge in [-0.3, -0.25) is 4.90 Å². The van der Waals surface area contributed by atoms with Crippen molar-refractivity contribution in [3.05, 3.63) is 71.4 Å². The standard InChI is InChI=1S/C32H35N5O2/c1-32(2,3)39-31(38)37-18-6-9-28(37)30-34-25-17-14-22(19-26(25)35-30)11-10-21-12-15-23(16-13-21)27-20-33-29(36-27)24-7-4-5-8-24/h12-17,19-20,24,28H,4-9,18H2,1-3H3,(H,33,36)(H,34,35)/t28-/m0/s1. The Kier molecular flexibility index (Phi) is 6.64. The van der Waals surface area contributed by atoms with Crippen LogP contribution in [-0.2, 0) is 4.74 Å². The van der Waals surface area contributed by atoms with Crippen molar-refractivity contribution in [2.45, 2.75) is 76.9 Å². The van der Waals surface area contributed by atoms with Crippen LogP contribution in [0.15, 0.2) is 48.7 Å². The first-order chi connectivity index (χ1) is 18.8. The number of rotatable bonds is 3. The fraction of sp³-hybridized carbons (Fsp3) is 0.406. The molecule has 3 heterocycles. The number of imidazole rings is 2. The Labute approximate surface area is 229 Å². The van der Waals surface area contributed by atoms with Crippen molar-refractivity contribution in [3.63, 3.8) is 0 Å². The fourth-order valence-corrected chi connectivity index (χ4v) is 5.62. The number of fused-ring (bicyclic) bond motifs is 1. The molecule has 39 heavy (non-hydrogen) atoms. The lowest BCUT2D eigenvalue weighted by Crippen LogP contribution is -2.36. The first kappa shape index (κ1) is 25.2. The average molecular weight is 522 g/mol. The molecule has 1 aliphatic carbocycles. The van der Waals surface area contributed by atoms with Crippen molar-refractivity contribution < 1.29 is 9.53 Å². The van der Waals surface area contributed by atoms with E-state index in [0.29, 0.717) is 12.5 Å². The number of hydrogen-bond donors (Lipinski definition) is 2. The molecule has 0 unspecified atom stereocenters. The van der Waals surface area contributed by atoms with Crippen LogP contribution in [0.3, 0.4) is 0 Å². The van der Waals surface area contributed by atoms with Gasteiger partial charge in [0.1, 0.15) is 17.2 Å². The fourth-order valence-electron chi connectivity index (χ4n) is 5.62. The summed E-state index contributed by atoms with van der Waals surface area (Å²) in [6, 6.07) is 14.2. The maximum Gasteiger partial charge on any atom is 0.410 e. The van der Waals surface area contributed by atoms with E-state index < -0.39 is 5.60 Å². The molecule has 200 valence electrons. The molecule has 2 aromatic carbocycles. The van der Waals surface area contributed by atoms with E-state index in [0.717, 1.165) is 57.9 Å². The summed E-state index contributed by atoms with van der Waals surface area (Å²) in [7, 11) is 0. The lowest BCUT2D eigenvalue weighted by atomic mass is 10.1. The minimum Gasteiger partial charge on any atom is -0.444 e. The van der Waals surface area contributed by atoms with Crippen LogP contribution in [0.1, 0.15) is 94.0 Å². The van der Waals surface area contributed by atoms with E-state index in [1.807, 2.05) is 45.2 Å². The van der Waals surface area contributed by atoms with Gasteiger partial charge >= 0.3 is 6.09 Å². The van der Waals surface area contributed by atoms with Crippen molar-refractivity contribution in [2.24, 2.45) is 0 Å². The number of benzene rings is 2. The zero-order chi connectivity index (χ0) is 27.0. The summed E-state index contributed by atoms with van der Waals surface area (Å²) >= 11 is 0. The maximum atomic E-state index is 12.7. The van der Waals surface area contributed by atoms with Crippen molar-refractivity contribution in [1.29, 1.82) is 0 Å². The van der Waals surface area contributed by atoms with Gasteiger partial charge in [0.05, 0.1) is 29.0 Å². The second-order valence-electron chi connectivity index (χ2n) is 11.7. The number of aromatic nitrogens is 4. The summed E-state index contributed by atoms with van der Waals surface area (Å²) in [6.07, 6.45) is 8.52. The van der Waals surface area contributed by atoms with Crippen LogP contribution >= 0.6 is 0 Å². The van der Waals surface area contributed by atoms with E-state index >= 15 is 0 Å². The second-order valence-corrected chi connectivity index (χ2v) is 11.7. The number of amides is 1. The molecular formula is C32H35N5O2. The summed E-state index contributed by atoms with van der Waals surface area (Å²) in [5.41, 5.74) is 5.31. The summed E-state index contributed by atoms with van der Waals surface area (Å²) < 4.78 is 5.62. The van der Waals surface area contributed by atoms with Crippen LogP contribution in [0, 0.1) is 11.8 Å². The number of hydrogen-bond acceptors (Lipinski definition) is 4. The van der Waals surface area contributed by atoms with E-state index in [2.05, 4.69) is 51.1 Å². The number of nitrogens with zero attached hydrogens (tertiary/aromatic N) is 3. The summed E-state index contributed by atoms with van der Waals surface area (Å²) in [5.74, 6) is 9.06. The molecule has 2 fully saturated rings.